The fourth-order valence-corrected chi connectivity index (χ4v) is 2.55. The number of hydrogen-bond donors (Lipinski definition) is 1. The number of carbonyl (C=O) groups excluding carboxylic acids is 1. The summed E-state index contributed by atoms with van der Waals surface area (Å²) in [5, 5.41) is 1.91. The molecule has 0 saturated heterocycles. The Bertz CT molecular complexity index is 792. The first-order chi connectivity index (χ1) is 9.65. The maximum absolute atomic E-state index is 12.4. The van der Waals surface area contributed by atoms with E-state index in [1.807, 2.05) is 30.3 Å². The number of rotatable bonds is 3. The van der Waals surface area contributed by atoms with Crippen LogP contribution in [0.1, 0.15) is 15.9 Å². The Kier molecular flexibility index (Phi) is 3.51. The van der Waals surface area contributed by atoms with Gasteiger partial charge in [-0.15, -0.1) is 0 Å². The van der Waals surface area contributed by atoms with Crippen LogP contribution in [0.25, 0.3) is 10.9 Å². The van der Waals surface area contributed by atoms with Crippen molar-refractivity contribution in [2.45, 2.75) is 6.42 Å². The van der Waals surface area contributed by atoms with E-state index in [1.165, 1.54) is 0 Å². The van der Waals surface area contributed by atoms with Gasteiger partial charge in [-0.25, -0.2) is 0 Å². The first-order valence-electron chi connectivity index (χ1n) is 6.18. The van der Waals surface area contributed by atoms with Crippen LogP contribution in [-0.4, -0.2) is 10.8 Å². The standard InChI is InChI=1S/C16H11Cl2NO/c17-13-6-5-10(7-14(13)18)8-16(20)12-9-19-15-4-2-1-3-11(12)15/h1-7,9,19H,8H2. The zero-order chi connectivity index (χ0) is 14.1. The van der Waals surface area contributed by atoms with Gasteiger partial charge < -0.3 is 4.98 Å². The molecule has 0 bridgehead atoms. The predicted octanol–water partition coefficient (Wildman–Crippen LogP) is 4.90. The molecule has 0 aliphatic carbocycles. The van der Waals surface area contributed by atoms with E-state index in [9.17, 15) is 4.79 Å². The molecule has 0 aliphatic rings. The van der Waals surface area contributed by atoms with Crippen LogP contribution in [-0.2, 0) is 6.42 Å². The minimum absolute atomic E-state index is 0.0563. The van der Waals surface area contributed by atoms with E-state index in [0.717, 1.165) is 16.5 Å². The number of aromatic amines is 1. The Hall–Kier alpha value is -1.77. The highest BCUT2D eigenvalue weighted by Gasteiger charge is 2.12. The number of hydrogen-bond acceptors (Lipinski definition) is 1. The quantitative estimate of drug-likeness (QED) is 0.686. The zero-order valence-electron chi connectivity index (χ0n) is 10.5. The van der Waals surface area contributed by atoms with Gasteiger partial charge in [0.15, 0.2) is 5.78 Å². The van der Waals surface area contributed by atoms with E-state index in [-0.39, 0.29) is 5.78 Å². The predicted molar refractivity (Wildman–Crippen MR) is 82.8 cm³/mol. The molecule has 0 radical (unpaired) electrons. The van der Waals surface area contributed by atoms with Crippen LogP contribution < -0.4 is 0 Å². The van der Waals surface area contributed by atoms with Crippen LogP contribution in [0.5, 0.6) is 0 Å². The number of carbonyl (C=O) groups is 1. The van der Waals surface area contributed by atoms with Crippen molar-refractivity contribution < 1.29 is 4.79 Å². The molecule has 20 heavy (non-hydrogen) atoms. The van der Waals surface area contributed by atoms with Gasteiger partial charge in [0.25, 0.3) is 0 Å². The normalized spacial score (nSPS) is 10.9. The Balaban J connectivity index is 1.91. The van der Waals surface area contributed by atoms with Crippen molar-refractivity contribution in [1.29, 1.82) is 0 Å². The number of H-pyrrole nitrogens is 1. The molecule has 4 heteroatoms. The molecule has 1 N–H and O–H groups in total. The lowest BCUT2D eigenvalue weighted by molar-refractivity contribution is 0.0994. The number of para-hydroxylation sites is 1. The van der Waals surface area contributed by atoms with Gasteiger partial charge in [0.05, 0.1) is 10.0 Å². The smallest absolute Gasteiger partial charge is 0.169 e. The van der Waals surface area contributed by atoms with Gasteiger partial charge in [0.2, 0.25) is 0 Å². The zero-order valence-corrected chi connectivity index (χ0v) is 12.0. The summed E-state index contributed by atoms with van der Waals surface area (Å²) in [5.41, 5.74) is 2.52. The third kappa shape index (κ3) is 2.45. The highest BCUT2D eigenvalue weighted by Crippen LogP contribution is 2.24. The summed E-state index contributed by atoms with van der Waals surface area (Å²) in [7, 11) is 0. The molecular weight excluding hydrogens is 293 g/mol. The van der Waals surface area contributed by atoms with E-state index in [0.29, 0.717) is 22.0 Å². The Morgan fingerprint density at radius 2 is 1.85 bits per heavy atom. The summed E-state index contributed by atoms with van der Waals surface area (Å²) in [5.74, 6) is 0.0563. The molecule has 0 saturated carbocycles. The number of Topliss-reactive ketones (excluding diaryl/α,β-unsaturated/α-hetero) is 1. The molecule has 0 unspecified atom stereocenters. The van der Waals surface area contributed by atoms with E-state index in [4.69, 9.17) is 23.2 Å². The first kappa shape index (κ1) is 13.2. The van der Waals surface area contributed by atoms with E-state index >= 15 is 0 Å². The average Bonchev–Trinajstić information content (AvgIpc) is 2.87. The lowest BCUT2D eigenvalue weighted by Crippen LogP contribution is -2.02. The maximum atomic E-state index is 12.4. The second-order valence-electron chi connectivity index (χ2n) is 4.60. The monoisotopic (exact) mass is 303 g/mol. The van der Waals surface area contributed by atoms with Crippen molar-refractivity contribution in [2.75, 3.05) is 0 Å². The molecule has 1 heterocycles. The van der Waals surface area contributed by atoms with Gasteiger partial charge in [-0.05, 0) is 23.8 Å². The summed E-state index contributed by atoms with van der Waals surface area (Å²) < 4.78 is 0. The molecule has 100 valence electrons. The van der Waals surface area contributed by atoms with Crippen LogP contribution in [0.4, 0.5) is 0 Å². The van der Waals surface area contributed by atoms with Gasteiger partial charge in [0.1, 0.15) is 0 Å². The van der Waals surface area contributed by atoms with Gasteiger partial charge >= 0.3 is 0 Å². The molecule has 0 spiro atoms. The summed E-state index contributed by atoms with van der Waals surface area (Å²) in [4.78, 5) is 15.5. The highest BCUT2D eigenvalue weighted by atomic mass is 35.5. The van der Waals surface area contributed by atoms with Gasteiger partial charge in [-0.2, -0.15) is 0 Å². The van der Waals surface area contributed by atoms with Crippen LogP contribution >= 0.6 is 23.2 Å². The number of fused-ring (bicyclic) bond motifs is 1. The molecule has 2 aromatic carbocycles. The van der Waals surface area contributed by atoms with Crippen LogP contribution in [0, 0.1) is 0 Å². The molecule has 3 rings (SSSR count). The molecule has 0 fully saturated rings. The molecule has 3 aromatic rings. The summed E-state index contributed by atoms with van der Waals surface area (Å²) in [6, 6.07) is 13.0. The van der Waals surface area contributed by atoms with Gasteiger partial charge in [0, 0.05) is 29.1 Å². The Morgan fingerprint density at radius 3 is 2.65 bits per heavy atom. The van der Waals surface area contributed by atoms with Crippen LogP contribution in [0.2, 0.25) is 10.0 Å². The minimum atomic E-state index is 0.0563. The molecule has 2 nitrogen and oxygen atoms in total. The summed E-state index contributed by atoms with van der Waals surface area (Å²) in [6.07, 6.45) is 2.06. The molecule has 0 amide bonds. The topological polar surface area (TPSA) is 32.9 Å². The largest absolute Gasteiger partial charge is 0.360 e. The van der Waals surface area contributed by atoms with E-state index in [2.05, 4.69) is 4.98 Å². The lowest BCUT2D eigenvalue weighted by Gasteiger charge is -2.02. The molecular formula is C16H11Cl2NO. The minimum Gasteiger partial charge on any atom is -0.360 e. The number of ketones is 1. The Labute approximate surface area is 126 Å². The third-order valence-electron chi connectivity index (χ3n) is 3.24. The fourth-order valence-electron chi connectivity index (χ4n) is 2.23. The lowest BCUT2D eigenvalue weighted by atomic mass is 10.0. The average molecular weight is 304 g/mol. The van der Waals surface area contributed by atoms with Crippen molar-refractivity contribution >= 4 is 39.9 Å². The number of nitrogens with one attached hydrogen (secondary N) is 1. The van der Waals surface area contributed by atoms with Crippen LogP contribution in [0.3, 0.4) is 0 Å². The third-order valence-corrected chi connectivity index (χ3v) is 3.98. The summed E-state index contributed by atoms with van der Waals surface area (Å²) >= 11 is 11.8. The van der Waals surface area contributed by atoms with Crippen molar-refractivity contribution in [1.82, 2.24) is 4.98 Å². The van der Waals surface area contributed by atoms with Gasteiger partial charge in [-0.3, -0.25) is 4.79 Å². The van der Waals surface area contributed by atoms with E-state index < -0.39 is 0 Å². The highest BCUT2D eigenvalue weighted by molar-refractivity contribution is 6.42. The van der Waals surface area contributed by atoms with Crippen molar-refractivity contribution in [2.24, 2.45) is 0 Å². The summed E-state index contributed by atoms with van der Waals surface area (Å²) in [6.45, 7) is 0. The maximum Gasteiger partial charge on any atom is 0.169 e. The van der Waals surface area contributed by atoms with Crippen molar-refractivity contribution in [3.8, 4) is 0 Å². The number of benzene rings is 2. The van der Waals surface area contributed by atoms with Crippen molar-refractivity contribution in [3.63, 3.8) is 0 Å². The molecule has 1 aromatic heterocycles. The molecule has 0 atom stereocenters. The fraction of sp³-hybridized carbons (Fsp3) is 0.0625. The second kappa shape index (κ2) is 5.31. The van der Waals surface area contributed by atoms with Crippen molar-refractivity contribution in [3.05, 3.63) is 69.8 Å². The second-order valence-corrected chi connectivity index (χ2v) is 5.41. The molecule has 0 aliphatic heterocycles. The first-order valence-corrected chi connectivity index (χ1v) is 6.94. The number of halogens is 2. The SMILES string of the molecule is O=C(Cc1ccc(Cl)c(Cl)c1)c1c[nH]c2ccccc12. The van der Waals surface area contributed by atoms with Crippen LogP contribution in [0.15, 0.2) is 48.7 Å². The Morgan fingerprint density at radius 1 is 1.05 bits per heavy atom. The van der Waals surface area contributed by atoms with Gasteiger partial charge in [-0.1, -0.05) is 47.5 Å². The van der Waals surface area contributed by atoms with E-state index in [1.54, 1.807) is 18.3 Å². The number of aromatic nitrogens is 1.